The van der Waals surface area contributed by atoms with Crippen LogP contribution in [0.25, 0.3) is 28.1 Å². The van der Waals surface area contributed by atoms with Gasteiger partial charge in [0.15, 0.2) is 0 Å². The van der Waals surface area contributed by atoms with Gasteiger partial charge in [0, 0.05) is 6.20 Å². The van der Waals surface area contributed by atoms with E-state index in [1.54, 1.807) is 9.80 Å². The molecule has 0 unspecified atom stereocenters. The lowest BCUT2D eigenvalue weighted by atomic mass is 10.1. The molecule has 27 heavy (non-hydrogen) atoms. The van der Waals surface area contributed by atoms with Crippen LogP contribution < -0.4 is 9.80 Å². The number of aromatic nitrogens is 3. The van der Waals surface area contributed by atoms with Crippen LogP contribution in [0.2, 0.25) is 0 Å². The van der Waals surface area contributed by atoms with E-state index in [2.05, 4.69) is 76.8 Å². The van der Waals surface area contributed by atoms with Crippen molar-refractivity contribution < 1.29 is 9.80 Å². The van der Waals surface area contributed by atoms with Crippen LogP contribution in [0, 0.1) is 0 Å². The minimum atomic E-state index is 0.998. The zero-order valence-electron chi connectivity index (χ0n) is 15.9. The number of hydrogen-bond donors (Lipinski definition) is 2. The van der Waals surface area contributed by atoms with Crippen molar-refractivity contribution in [3.8, 4) is 11.3 Å². The molecule has 5 rings (SSSR count). The zero-order valence-corrected chi connectivity index (χ0v) is 15.9. The fourth-order valence-electron chi connectivity index (χ4n) is 4.26. The molecule has 2 N–H and O–H groups in total. The van der Waals surface area contributed by atoms with E-state index in [0.717, 1.165) is 24.4 Å². The molecule has 4 aromatic rings. The summed E-state index contributed by atoms with van der Waals surface area (Å²) in [5.41, 5.74) is 4.75. The molecule has 5 nitrogen and oxygen atoms in total. The first-order valence-corrected chi connectivity index (χ1v) is 9.96. The molecule has 2 aromatic carbocycles. The van der Waals surface area contributed by atoms with Crippen molar-refractivity contribution in [1.82, 2.24) is 14.0 Å². The summed E-state index contributed by atoms with van der Waals surface area (Å²) in [6.45, 7) is 7.23. The van der Waals surface area contributed by atoms with Gasteiger partial charge in [-0.1, -0.05) is 42.5 Å². The summed E-state index contributed by atoms with van der Waals surface area (Å²) in [6, 6.07) is 19.1. The Labute approximate surface area is 159 Å². The second-order valence-electron chi connectivity index (χ2n) is 7.76. The zero-order chi connectivity index (χ0) is 18.2. The van der Waals surface area contributed by atoms with Gasteiger partial charge in [-0.15, -0.1) is 0 Å². The fraction of sp³-hybridized carbons (Fsp3) is 0.318. The Kier molecular flexibility index (Phi) is 4.19. The molecule has 0 spiro atoms. The third kappa shape index (κ3) is 3.03. The van der Waals surface area contributed by atoms with Crippen LogP contribution in [0.5, 0.6) is 0 Å². The molecular formula is C22H27N5+2. The number of nitrogens with one attached hydrogen (secondary N) is 2. The third-order valence-corrected chi connectivity index (χ3v) is 5.93. The van der Waals surface area contributed by atoms with Crippen LogP contribution >= 0.6 is 0 Å². The maximum Gasteiger partial charge on any atom is 0.215 e. The average Bonchev–Trinajstić information content (AvgIpc) is 3.24. The number of benzene rings is 2. The minimum absolute atomic E-state index is 0.998. The topological polar surface area (TPSA) is 31.1 Å². The molecule has 5 heteroatoms. The normalized spacial score (nSPS) is 20.5. The molecular weight excluding hydrogens is 334 g/mol. The monoisotopic (exact) mass is 361 g/mol. The smallest absolute Gasteiger partial charge is 0.215 e. The summed E-state index contributed by atoms with van der Waals surface area (Å²) in [5, 5.41) is 0. The van der Waals surface area contributed by atoms with Crippen LogP contribution in [0.3, 0.4) is 0 Å². The first-order chi connectivity index (χ1) is 13.3. The molecule has 0 aliphatic carbocycles. The SMILES string of the molecule is C[NH+]1CC[NH+](CCn2c(-c3ccccc3)cn3c4ccccc4nc23)CC1. The Morgan fingerprint density at radius 1 is 0.926 bits per heavy atom. The number of fused-ring (bicyclic) bond motifs is 3. The third-order valence-electron chi connectivity index (χ3n) is 5.93. The Bertz CT molecular complexity index is 1050. The van der Waals surface area contributed by atoms with Gasteiger partial charge in [0.25, 0.3) is 0 Å². The van der Waals surface area contributed by atoms with E-state index in [1.165, 1.54) is 43.0 Å². The van der Waals surface area contributed by atoms with Crippen molar-refractivity contribution in [2.75, 3.05) is 39.8 Å². The maximum atomic E-state index is 4.95. The fourth-order valence-corrected chi connectivity index (χ4v) is 4.26. The second-order valence-corrected chi connectivity index (χ2v) is 7.76. The highest BCUT2D eigenvalue weighted by Gasteiger charge is 2.21. The number of likely N-dealkylation sites (N-methyl/N-ethyl adjacent to an activating group) is 1. The molecule has 1 aliphatic rings. The van der Waals surface area contributed by atoms with Crippen LogP contribution in [-0.2, 0) is 6.54 Å². The molecule has 0 atom stereocenters. The number of quaternary nitrogens is 2. The number of hydrogen-bond acceptors (Lipinski definition) is 1. The summed E-state index contributed by atoms with van der Waals surface area (Å²) in [5.74, 6) is 1.05. The minimum Gasteiger partial charge on any atom is -0.328 e. The summed E-state index contributed by atoms with van der Waals surface area (Å²) in [7, 11) is 2.30. The lowest BCUT2D eigenvalue weighted by molar-refractivity contribution is -1.00. The highest BCUT2D eigenvalue weighted by molar-refractivity contribution is 5.81. The van der Waals surface area contributed by atoms with E-state index in [0.29, 0.717) is 0 Å². The van der Waals surface area contributed by atoms with E-state index in [4.69, 9.17) is 4.98 Å². The molecule has 3 heterocycles. The van der Waals surface area contributed by atoms with Gasteiger partial charge in [-0.3, -0.25) is 4.40 Å². The van der Waals surface area contributed by atoms with Gasteiger partial charge < -0.3 is 14.4 Å². The summed E-state index contributed by atoms with van der Waals surface area (Å²) in [4.78, 5) is 8.32. The van der Waals surface area contributed by atoms with Gasteiger partial charge in [-0.2, -0.15) is 0 Å². The van der Waals surface area contributed by atoms with Crippen LogP contribution in [0.15, 0.2) is 60.8 Å². The van der Waals surface area contributed by atoms with Crippen molar-refractivity contribution >= 4 is 16.8 Å². The van der Waals surface area contributed by atoms with Crippen LogP contribution in [0.1, 0.15) is 0 Å². The molecule has 1 saturated heterocycles. The molecule has 0 bridgehead atoms. The summed E-state index contributed by atoms with van der Waals surface area (Å²) in [6.07, 6.45) is 2.25. The summed E-state index contributed by atoms with van der Waals surface area (Å²) >= 11 is 0. The van der Waals surface area contributed by atoms with Gasteiger partial charge >= 0.3 is 0 Å². The van der Waals surface area contributed by atoms with E-state index in [9.17, 15) is 0 Å². The lowest BCUT2D eigenvalue weighted by Crippen LogP contribution is -3.27. The van der Waals surface area contributed by atoms with Gasteiger partial charge in [-0.05, 0) is 17.7 Å². The van der Waals surface area contributed by atoms with Crippen molar-refractivity contribution in [3.63, 3.8) is 0 Å². The molecule has 0 saturated carbocycles. The molecule has 138 valence electrons. The molecule has 0 radical (unpaired) electrons. The van der Waals surface area contributed by atoms with Gasteiger partial charge in [0.2, 0.25) is 5.78 Å². The van der Waals surface area contributed by atoms with Gasteiger partial charge in [0.05, 0.1) is 36.9 Å². The first kappa shape index (κ1) is 16.5. The largest absolute Gasteiger partial charge is 0.328 e. The van der Waals surface area contributed by atoms with Gasteiger partial charge in [0.1, 0.15) is 26.2 Å². The Morgan fingerprint density at radius 3 is 2.48 bits per heavy atom. The lowest BCUT2D eigenvalue weighted by Gasteiger charge is -2.27. The summed E-state index contributed by atoms with van der Waals surface area (Å²) < 4.78 is 4.66. The van der Waals surface area contributed by atoms with Crippen LogP contribution in [-0.4, -0.2) is 53.7 Å². The van der Waals surface area contributed by atoms with E-state index < -0.39 is 0 Å². The van der Waals surface area contributed by atoms with E-state index >= 15 is 0 Å². The van der Waals surface area contributed by atoms with Crippen LogP contribution in [0.4, 0.5) is 0 Å². The number of imidazole rings is 2. The second kappa shape index (κ2) is 6.83. The number of piperazine rings is 1. The Morgan fingerprint density at radius 2 is 1.67 bits per heavy atom. The highest BCUT2D eigenvalue weighted by atomic mass is 15.3. The molecule has 2 aromatic heterocycles. The first-order valence-electron chi connectivity index (χ1n) is 9.96. The number of para-hydroxylation sites is 2. The van der Waals surface area contributed by atoms with Crippen molar-refractivity contribution in [1.29, 1.82) is 0 Å². The maximum absolute atomic E-state index is 4.95. The predicted molar refractivity (Wildman–Crippen MR) is 108 cm³/mol. The number of rotatable bonds is 4. The molecule has 0 amide bonds. The van der Waals surface area contributed by atoms with E-state index in [1.807, 2.05) is 0 Å². The Hall–Kier alpha value is -2.63. The average molecular weight is 361 g/mol. The van der Waals surface area contributed by atoms with Crippen molar-refractivity contribution in [3.05, 3.63) is 60.8 Å². The number of nitrogens with zero attached hydrogens (tertiary/aromatic N) is 3. The predicted octanol–water partition coefficient (Wildman–Crippen LogP) is 0.369. The quantitative estimate of drug-likeness (QED) is 0.541. The van der Waals surface area contributed by atoms with Crippen molar-refractivity contribution in [2.24, 2.45) is 0 Å². The van der Waals surface area contributed by atoms with Gasteiger partial charge in [-0.25, -0.2) is 4.98 Å². The standard InChI is InChI=1S/C22H25N5/c1-24-11-13-25(14-12-24)15-16-26-21(18-7-3-2-4-8-18)17-27-20-10-6-5-9-19(20)23-22(26)27/h2-10,17H,11-16H2,1H3/p+2. The highest BCUT2D eigenvalue weighted by Crippen LogP contribution is 2.26. The van der Waals surface area contributed by atoms with E-state index in [-0.39, 0.29) is 0 Å². The molecule has 1 aliphatic heterocycles. The molecule has 1 fully saturated rings. The van der Waals surface area contributed by atoms with Crippen molar-refractivity contribution in [2.45, 2.75) is 6.54 Å². The Balaban J connectivity index is 1.55.